The van der Waals surface area contributed by atoms with E-state index in [1.54, 1.807) is 6.07 Å². The molecule has 0 atom stereocenters. The van der Waals surface area contributed by atoms with Crippen LogP contribution in [0, 0.1) is 6.92 Å². The van der Waals surface area contributed by atoms with Crippen molar-refractivity contribution in [3.05, 3.63) is 45.1 Å². The third kappa shape index (κ3) is 2.50. The van der Waals surface area contributed by atoms with Crippen LogP contribution in [0.1, 0.15) is 17.7 Å². The van der Waals surface area contributed by atoms with Crippen LogP contribution in [0.5, 0.6) is 0 Å². The van der Waals surface area contributed by atoms with Gasteiger partial charge < -0.3 is 0 Å². The van der Waals surface area contributed by atoms with Crippen LogP contribution in [0.2, 0.25) is 5.15 Å². The van der Waals surface area contributed by atoms with Gasteiger partial charge in [-0.2, -0.15) is 5.10 Å². The van der Waals surface area contributed by atoms with Gasteiger partial charge in [0.15, 0.2) is 0 Å². The van der Waals surface area contributed by atoms with Crippen molar-refractivity contribution in [3.63, 3.8) is 0 Å². The molecule has 0 amide bonds. The minimum atomic E-state index is -2.62. The van der Waals surface area contributed by atoms with Crippen molar-refractivity contribution in [1.29, 1.82) is 0 Å². The zero-order chi connectivity index (χ0) is 12.6. The molecule has 0 saturated carbocycles. The van der Waals surface area contributed by atoms with Gasteiger partial charge >= 0.3 is 0 Å². The number of aromatic nitrogens is 2. The lowest BCUT2D eigenvalue weighted by Crippen LogP contribution is -2.00. The highest BCUT2D eigenvalue weighted by Crippen LogP contribution is 2.26. The molecule has 0 aliphatic carbocycles. The number of alkyl halides is 2. The summed E-state index contributed by atoms with van der Waals surface area (Å²) in [5.41, 5.74) is 1.26. The highest BCUT2D eigenvalue weighted by molar-refractivity contribution is 9.10. The maximum atomic E-state index is 12.5. The van der Waals surface area contributed by atoms with Gasteiger partial charge in [0, 0.05) is 10.5 Å². The highest BCUT2D eigenvalue weighted by atomic mass is 79.9. The second kappa shape index (κ2) is 4.74. The van der Waals surface area contributed by atoms with Crippen molar-refractivity contribution in [2.24, 2.45) is 0 Å². The number of aryl methyl sites for hydroxylation is 1. The van der Waals surface area contributed by atoms with Gasteiger partial charge in [-0.15, -0.1) is 0 Å². The predicted octanol–water partition coefficient (Wildman–Crippen LogP) is 4.53. The first-order valence-electron chi connectivity index (χ1n) is 4.79. The van der Waals surface area contributed by atoms with Gasteiger partial charge in [0.25, 0.3) is 6.43 Å². The highest BCUT2D eigenvalue weighted by Gasteiger charge is 2.16. The Hall–Kier alpha value is -0.940. The van der Waals surface area contributed by atoms with Gasteiger partial charge in [0.2, 0.25) is 0 Å². The first-order valence-corrected chi connectivity index (χ1v) is 5.96. The molecular formula is C11H8BrClF2N2. The summed E-state index contributed by atoms with van der Waals surface area (Å²) in [6.07, 6.45) is -2.62. The fraction of sp³-hybridized carbons (Fsp3) is 0.182. The molecule has 0 bridgehead atoms. The Bertz CT molecular complexity index is 554. The second-order valence-electron chi connectivity index (χ2n) is 3.54. The van der Waals surface area contributed by atoms with Gasteiger partial charge in [-0.3, -0.25) is 0 Å². The van der Waals surface area contributed by atoms with Crippen molar-refractivity contribution in [2.75, 3.05) is 0 Å². The van der Waals surface area contributed by atoms with Crippen LogP contribution in [0.3, 0.4) is 0 Å². The first kappa shape index (κ1) is 12.5. The minimum absolute atomic E-state index is 0.172. The minimum Gasteiger partial charge on any atom is -0.221 e. The molecule has 1 heterocycles. The van der Waals surface area contributed by atoms with Crippen LogP contribution in [0.25, 0.3) is 5.69 Å². The molecule has 0 N–H and O–H groups in total. The monoisotopic (exact) mass is 320 g/mol. The molecule has 2 aromatic rings. The third-order valence-corrected chi connectivity index (χ3v) is 3.06. The molecule has 0 aliphatic rings. The molecule has 2 rings (SSSR count). The van der Waals surface area contributed by atoms with Crippen LogP contribution in [-0.2, 0) is 0 Å². The number of hydrogen-bond acceptors (Lipinski definition) is 1. The second-order valence-corrected chi connectivity index (χ2v) is 4.84. The molecule has 0 spiro atoms. The van der Waals surface area contributed by atoms with Crippen molar-refractivity contribution >= 4 is 27.5 Å². The lowest BCUT2D eigenvalue weighted by Gasteiger charge is -2.07. The summed E-state index contributed by atoms with van der Waals surface area (Å²) in [5, 5.41) is 3.96. The van der Waals surface area contributed by atoms with E-state index in [1.165, 1.54) is 10.7 Å². The molecule has 0 aliphatic heterocycles. The van der Waals surface area contributed by atoms with E-state index in [0.29, 0.717) is 5.69 Å². The molecule has 0 radical (unpaired) electrons. The molecule has 2 nitrogen and oxygen atoms in total. The van der Waals surface area contributed by atoms with E-state index in [2.05, 4.69) is 21.0 Å². The SMILES string of the molecule is Cc1cc(Br)ccc1-n1nc(C(F)F)cc1Cl. The van der Waals surface area contributed by atoms with Gasteiger partial charge in [-0.1, -0.05) is 27.5 Å². The smallest absolute Gasteiger partial charge is 0.221 e. The zero-order valence-electron chi connectivity index (χ0n) is 8.79. The van der Waals surface area contributed by atoms with Crippen LogP contribution in [-0.4, -0.2) is 9.78 Å². The fourth-order valence-electron chi connectivity index (χ4n) is 1.51. The topological polar surface area (TPSA) is 17.8 Å². The van der Waals surface area contributed by atoms with Crippen LogP contribution in [0.15, 0.2) is 28.7 Å². The van der Waals surface area contributed by atoms with Gasteiger partial charge in [0.1, 0.15) is 10.8 Å². The predicted molar refractivity (Wildman–Crippen MR) is 66.0 cm³/mol. The lowest BCUT2D eigenvalue weighted by molar-refractivity contribution is 0.145. The summed E-state index contributed by atoms with van der Waals surface area (Å²) < 4.78 is 27.2. The number of rotatable bonds is 2. The summed E-state index contributed by atoms with van der Waals surface area (Å²) in [6, 6.07) is 6.62. The standard InChI is InChI=1S/C11H8BrClF2N2/c1-6-4-7(12)2-3-9(6)17-10(13)5-8(16-17)11(14)15/h2-5,11H,1H3. The Morgan fingerprint density at radius 2 is 2.06 bits per heavy atom. The Balaban J connectivity index is 2.52. The molecule has 17 heavy (non-hydrogen) atoms. The maximum absolute atomic E-state index is 12.5. The molecule has 6 heteroatoms. The van der Waals surface area contributed by atoms with Crippen molar-refractivity contribution in [1.82, 2.24) is 9.78 Å². The van der Waals surface area contributed by atoms with Crippen LogP contribution >= 0.6 is 27.5 Å². The molecule has 1 aromatic heterocycles. The molecule has 1 aromatic carbocycles. The van der Waals surface area contributed by atoms with Crippen molar-refractivity contribution < 1.29 is 8.78 Å². The van der Waals surface area contributed by atoms with E-state index in [9.17, 15) is 8.78 Å². The molecule has 0 unspecified atom stereocenters. The quantitative estimate of drug-likeness (QED) is 0.794. The van der Waals surface area contributed by atoms with E-state index in [0.717, 1.165) is 10.0 Å². The van der Waals surface area contributed by atoms with E-state index in [4.69, 9.17) is 11.6 Å². The van der Waals surface area contributed by atoms with Gasteiger partial charge in [-0.05, 0) is 30.7 Å². The number of nitrogens with zero attached hydrogens (tertiary/aromatic N) is 2. The Morgan fingerprint density at radius 1 is 1.35 bits per heavy atom. The molecule has 0 saturated heterocycles. The summed E-state index contributed by atoms with van der Waals surface area (Å²) in [5.74, 6) is 0. The molecular weight excluding hydrogens is 313 g/mol. The van der Waals surface area contributed by atoms with E-state index >= 15 is 0 Å². The fourth-order valence-corrected chi connectivity index (χ4v) is 2.22. The normalized spacial score (nSPS) is 11.2. The van der Waals surface area contributed by atoms with Crippen molar-refractivity contribution in [2.45, 2.75) is 13.3 Å². The first-order chi connectivity index (χ1) is 7.99. The average Bonchev–Trinajstić information content (AvgIpc) is 2.61. The number of benzene rings is 1. The van der Waals surface area contributed by atoms with E-state index < -0.39 is 6.43 Å². The van der Waals surface area contributed by atoms with Crippen LogP contribution in [0.4, 0.5) is 8.78 Å². The van der Waals surface area contributed by atoms with Crippen LogP contribution < -0.4 is 0 Å². The number of halogens is 4. The van der Waals surface area contributed by atoms with Gasteiger partial charge in [-0.25, -0.2) is 13.5 Å². The lowest BCUT2D eigenvalue weighted by atomic mass is 10.2. The summed E-state index contributed by atoms with van der Waals surface area (Å²) >= 11 is 9.22. The maximum Gasteiger partial charge on any atom is 0.282 e. The summed E-state index contributed by atoms with van der Waals surface area (Å²) in [6.45, 7) is 1.86. The Morgan fingerprint density at radius 3 is 2.59 bits per heavy atom. The van der Waals surface area contributed by atoms with E-state index in [1.807, 2.05) is 19.1 Å². The van der Waals surface area contributed by atoms with Gasteiger partial charge in [0.05, 0.1) is 5.69 Å². The number of hydrogen-bond donors (Lipinski definition) is 0. The average molecular weight is 322 g/mol. The zero-order valence-corrected chi connectivity index (χ0v) is 11.1. The summed E-state index contributed by atoms with van der Waals surface area (Å²) in [4.78, 5) is 0. The largest absolute Gasteiger partial charge is 0.282 e. The summed E-state index contributed by atoms with van der Waals surface area (Å²) in [7, 11) is 0. The molecule has 0 fully saturated rings. The Labute approximate surface area is 110 Å². The third-order valence-electron chi connectivity index (χ3n) is 2.30. The molecule has 90 valence electrons. The van der Waals surface area contributed by atoms with E-state index in [-0.39, 0.29) is 10.8 Å². The van der Waals surface area contributed by atoms with Crippen molar-refractivity contribution in [3.8, 4) is 5.69 Å². The Kier molecular flexibility index (Phi) is 3.49.